The van der Waals surface area contributed by atoms with Gasteiger partial charge in [-0.1, -0.05) is 19.1 Å². The molecule has 17 heavy (non-hydrogen) atoms. The molecule has 0 aromatic heterocycles. The summed E-state index contributed by atoms with van der Waals surface area (Å²) in [5.41, 5.74) is 1.99. The Morgan fingerprint density at radius 3 is 2.82 bits per heavy atom. The third kappa shape index (κ3) is 4.44. The lowest BCUT2D eigenvalue weighted by Gasteiger charge is -2.15. The Bertz CT molecular complexity index is 365. The van der Waals surface area contributed by atoms with Gasteiger partial charge in [-0.3, -0.25) is 0 Å². The van der Waals surface area contributed by atoms with Crippen LogP contribution in [0.15, 0.2) is 24.3 Å². The van der Waals surface area contributed by atoms with Crippen molar-refractivity contribution >= 4 is 11.7 Å². The molecule has 1 aromatic carbocycles. The van der Waals surface area contributed by atoms with E-state index in [-0.39, 0.29) is 6.03 Å². The van der Waals surface area contributed by atoms with E-state index in [2.05, 4.69) is 35.9 Å². The first kappa shape index (κ1) is 13.5. The molecule has 0 radical (unpaired) electrons. The molecule has 4 heteroatoms. The summed E-state index contributed by atoms with van der Waals surface area (Å²) in [6, 6.07) is 7.97. The van der Waals surface area contributed by atoms with Gasteiger partial charge >= 0.3 is 6.03 Å². The van der Waals surface area contributed by atoms with E-state index in [0.717, 1.165) is 18.7 Å². The number of amides is 2. The molecular formula is C13H21N3O. The Morgan fingerprint density at radius 1 is 1.41 bits per heavy atom. The van der Waals surface area contributed by atoms with Gasteiger partial charge in [-0.25, -0.2) is 4.79 Å². The minimum absolute atomic E-state index is 0.198. The van der Waals surface area contributed by atoms with Crippen molar-refractivity contribution in [1.29, 1.82) is 0 Å². The second-order valence-electron chi connectivity index (χ2n) is 4.01. The van der Waals surface area contributed by atoms with Crippen molar-refractivity contribution in [2.24, 2.45) is 0 Å². The highest BCUT2D eigenvalue weighted by Crippen LogP contribution is 2.17. The molecule has 0 saturated carbocycles. The Morgan fingerprint density at radius 2 is 2.18 bits per heavy atom. The van der Waals surface area contributed by atoms with Crippen LogP contribution in [0.4, 0.5) is 10.5 Å². The highest BCUT2D eigenvalue weighted by molar-refractivity contribution is 5.89. The Kier molecular flexibility index (Phi) is 5.49. The summed E-state index contributed by atoms with van der Waals surface area (Å²) in [7, 11) is 1.60. The van der Waals surface area contributed by atoms with Crippen molar-refractivity contribution < 1.29 is 4.79 Å². The number of rotatable bonds is 5. The lowest BCUT2D eigenvalue weighted by Crippen LogP contribution is -2.24. The molecule has 0 fully saturated rings. The van der Waals surface area contributed by atoms with Gasteiger partial charge in [0.1, 0.15) is 0 Å². The van der Waals surface area contributed by atoms with E-state index in [1.807, 2.05) is 18.2 Å². The van der Waals surface area contributed by atoms with E-state index in [1.54, 1.807) is 7.05 Å². The average Bonchev–Trinajstić information content (AvgIpc) is 2.36. The van der Waals surface area contributed by atoms with Gasteiger partial charge in [-0.15, -0.1) is 0 Å². The number of carbonyl (C=O) groups is 1. The predicted octanol–water partition coefficient (Wildman–Crippen LogP) is 2.50. The SMILES string of the molecule is CCCNC(C)c1cccc(NC(=O)NC)c1. The fourth-order valence-electron chi connectivity index (χ4n) is 1.56. The zero-order chi connectivity index (χ0) is 12.7. The average molecular weight is 235 g/mol. The molecule has 0 aliphatic rings. The number of anilines is 1. The van der Waals surface area contributed by atoms with Crippen molar-refractivity contribution in [3.05, 3.63) is 29.8 Å². The quantitative estimate of drug-likeness (QED) is 0.734. The van der Waals surface area contributed by atoms with Crippen molar-refractivity contribution in [3.63, 3.8) is 0 Å². The molecule has 0 heterocycles. The van der Waals surface area contributed by atoms with Crippen molar-refractivity contribution in [2.75, 3.05) is 18.9 Å². The molecule has 94 valence electrons. The standard InChI is InChI=1S/C13H21N3O/c1-4-8-15-10(2)11-6-5-7-12(9-11)16-13(17)14-3/h5-7,9-10,15H,4,8H2,1-3H3,(H2,14,16,17). The van der Waals surface area contributed by atoms with Gasteiger partial charge in [0.25, 0.3) is 0 Å². The Hall–Kier alpha value is -1.55. The number of benzene rings is 1. The third-order valence-electron chi connectivity index (χ3n) is 2.57. The molecule has 0 aliphatic carbocycles. The lowest BCUT2D eigenvalue weighted by atomic mass is 10.1. The molecule has 0 aliphatic heterocycles. The van der Waals surface area contributed by atoms with E-state index < -0.39 is 0 Å². The highest BCUT2D eigenvalue weighted by Gasteiger charge is 2.05. The maximum absolute atomic E-state index is 11.2. The first-order valence-electron chi connectivity index (χ1n) is 5.99. The molecular weight excluding hydrogens is 214 g/mol. The van der Waals surface area contributed by atoms with E-state index in [4.69, 9.17) is 0 Å². The van der Waals surface area contributed by atoms with Crippen molar-refractivity contribution in [3.8, 4) is 0 Å². The molecule has 4 nitrogen and oxygen atoms in total. The van der Waals surface area contributed by atoms with Crippen LogP contribution >= 0.6 is 0 Å². The van der Waals surface area contributed by atoms with Gasteiger partial charge in [-0.2, -0.15) is 0 Å². The van der Waals surface area contributed by atoms with Crippen LogP contribution in [-0.4, -0.2) is 19.6 Å². The zero-order valence-corrected chi connectivity index (χ0v) is 10.7. The van der Waals surface area contributed by atoms with Gasteiger partial charge in [0.05, 0.1) is 0 Å². The second kappa shape index (κ2) is 6.91. The van der Waals surface area contributed by atoms with Crippen LogP contribution in [0.5, 0.6) is 0 Å². The van der Waals surface area contributed by atoms with Crippen LogP contribution in [0.2, 0.25) is 0 Å². The normalized spacial score (nSPS) is 11.9. The fourth-order valence-corrected chi connectivity index (χ4v) is 1.56. The van der Waals surface area contributed by atoms with Crippen LogP contribution in [-0.2, 0) is 0 Å². The van der Waals surface area contributed by atoms with Crippen LogP contribution in [0.1, 0.15) is 31.9 Å². The smallest absolute Gasteiger partial charge is 0.318 e. The summed E-state index contributed by atoms with van der Waals surface area (Å²) in [5.74, 6) is 0. The van der Waals surface area contributed by atoms with E-state index in [0.29, 0.717) is 6.04 Å². The van der Waals surface area contributed by atoms with Crippen molar-refractivity contribution in [1.82, 2.24) is 10.6 Å². The monoisotopic (exact) mass is 235 g/mol. The molecule has 0 saturated heterocycles. The number of hydrogen-bond donors (Lipinski definition) is 3. The molecule has 3 N–H and O–H groups in total. The molecule has 1 rings (SSSR count). The van der Waals surface area contributed by atoms with Gasteiger partial charge in [-0.05, 0) is 37.6 Å². The summed E-state index contributed by atoms with van der Waals surface area (Å²) < 4.78 is 0. The number of nitrogens with one attached hydrogen (secondary N) is 3. The van der Waals surface area contributed by atoms with Gasteiger partial charge in [0.2, 0.25) is 0 Å². The van der Waals surface area contributed by atoms with Gasteiger partial charge in [0.15, 0.2) is 0 Å². The van der Waals surface area contributed by atoms with E-state index >= 15 is 0 Å². The van der Waals surface area contributed by atoms with Crippen LogP contribution in [0.3, 0.4) is 0 Å². The number of urea groups is 1. The van der Waals surface area contributed by atoms with Crippen LogP contribution < -0.4 is 16.0 Å². The van der Waals surface area contributed by atoms with Crippen LogP contribution in [0.25, 0.3) is 0 Å². The third-order valence-corrected chi connectivity index (χ3v) is 2.57. The number of carbonyl (C=O) groups excluding carboxylic acids is 1. The highest BCUT2D eigenvalue weighted by atomic mass is 16.2. The summed E-state index contributed by atoms with van der Waals surface area (Å²) >= 11 is 0. The number of hydrogen-bond acceptors (Lipinski definition) is 2. The fraction of sp³-hybridized carbons (Fsp3) is 0.462. The summed E-state index contributed by atoms with van der Waals surface area (Å²) in [4.78, 5) is 11.2. The molecule has 0 bridgehead atoms. The zero-order valence-electron chi connectivity index (χ0n) is 10.7. The predicted molar refractivity (Wildman–Crippen MR) is 71.2 cm³/mol. The Balaban J connectivity index is 2.67. The maximum atomic E-state index is 11.2. The van der Waals surface area contributed by atoms with Crippen LogP contribution in [0, 0.1) is 0 Å². The lowest BCUT2D eigenvalue weighted by molar-refractivity contribution is 0.254. The van der Waals surface area contributed by atoms with Gasteiger partial charge < -0.3 is 16.0 Å². The molecule has 1 atom stereocenters. The second-order valence-corrected chi connectivity index (χ2v) is 4.01. The Labute approximate surface area is 103 Å². The molecule has 2 amide bonds. The first-order chi connectivity index (χ1) is 8.17. The summed E-state index contributed by atoms with van der Waals surface area (Å²) in [6.07, 6.45) is 1.11. The van der Waals surface area contributed by atoms with E-state index in [9.17, 15) is 4.79 Å². The minimum atomic E-state index is -0.198. The van der Waals surface area contributed by atoms with Crippen molar-refractivity contribution in [2.45, 2.75) is 26.3 Å². The summed E-state index contributed by atoms with van der Waals surface area (Å²) in [6.45, 7) is 5.26. The largest absolute Gasteiger partial charge is 0.341 e. The first-order valence-corrected chi connectivity index (χ1v) is 5.99. The van der Waals surface area contributed by atoms with Gasteiger partial charge in [0, 0.05) is 18.8 Å². The molecule has 1 aromatic rings. The summed E-state index contributed by atoms with van der Waals surface area (Å²) in [5, 5.41) is 8.71. The molecule has 0 spiro atoms. The van der Waals surface area contributed by atoms with E-state index in [1.165, 1.54) is 5.56 Å². The topological polar surface area (TPSA) is 53.2 Å². The minimum Gasteiger partial charge on any atom is -0.341 e. The maximum Gasteiger partial charge on any atom is 0.318 e. The molecule has 1 unspecified atom stereocenters.